The molecule has 0 bridgehead atoms. The van der Waals surface area contributed by atoms with E-state index < -0.39 is 0 Å². The van der Waals surface area contributed by atoms with Crippen molar-refractivity contribution in [3.05, 3.63) is 54.6 Å². The molecule has 0 unspecified atom stereocenters. The molecule has 0 atom stereocenters. The van der Waals surface area contributed by atoms with Crippen molar-refractivity contribution >= 4 is 11.4 Å². The summed E-state index contributed by atoms with van der Waals surface area (Å²) in [5.74, 6) is -0.231. The van der Waals surface area contributed by atoms with Crippen molar-refractivity contribution in [2.75, 3.05) is 5.32 Å². The first-order valence-electron chi connectivity index (χ1n) is 4.27. The summed E-state index contributed by atoms with van der Waals surface area (Å²) >= 11 is 0. The molecular weight excluding hydrogens is 179 g/mol. The van der Waals surface area contributed by atoms with Gasteiger partial charge >= 0.3 is 0 Å². The van der Waals surface area contributed by atoms with Crippen LogP contribution in [-0.4, -0.2) is 4.98 Å². The average molecular weight is 188 g/mol. The predicted octanol–water partition coefficient (Wildman–Crippen LogP) is 2.96. The van der Waals surface area contributed by atoms with E-state index in [0.717, 1.165) is 11.4 Å². The first-order valence-corrected chi connectivity index (χ1v) is 4.27. The van der Waals surface area contributed by atoms with Crippen LogP contribution in [0.5, 0.6) is 0 Å². The molecule has 0 aliphatic heterocycles. The van der Waals surface area contributed by atoms with Gasteiger partial charge in [0.05, 0.1) is 0 Å². The Morgan fingerprint density at radius 3 is 2.07 bits per heavy atom. The minimum Gasteiger partial charge on any atom is -0.355 e. The lowest BCUT2D eigenvalue weighted by Gasteiger charge is -2.04. The summed E-state index contributed by atoms with van der Waals surface area (Å²) in [6, 6.07) is 9.92. The number of pyridine rings is 1. The van der Waals surface area contributed by atoms with Gasteiger partial charge in [-0.25, -0.2) is 4.39 Å². The average Bonchev–Trinajstić information content (AvgIpc) is 2.23. The fraction of sp³-hybridized carbons (Fsp3) is 0. The van der Waals surface area contributed by atoms with Gasteiger partial charge in [-0.1, -0.05) is 0 Å². The van der Waals surface area contributed by atoms with Gasteiger partial charge < -0.3 is 5.32 Å². The fourth-order valence-corrected chi connectivity index (χ4v) is 1.14. The van der Waals surface area contributed by atoms with Crippen molar-refractivity contribution < 1.29 is 4.39 Å². The highest BCUT2D eigenvalue weighted by molar-refractivity contribution is 5.58. The van der Waals surface area contributed by atoms with Crippen LogP contribution in [0.2, 0.25) is 0 Å². The molecule has 0 aliphatic carbocycles. The Balaban J connectivity index is 2.16. The van der Waals surface area contributed by atoms with E-state index in [1.807, 2.05) is 12.1 Å². The molecule has 0 saturated carbocycles. The van der Waals surface area contributed by atoms with Crippen LogP contribution in [0.4, 0.5) is 15.8 Å². The van der Waals surface area contributed by atoms with E-state index in [9.17, 15) is 4.39 Å². The van der Waals surface area contributed by atoms with Gasteiger partial charge in [0, 0.05) is 23.8 Å². The van der Waals surface area contributed by atoms with E-state index in [4.69, 9.17) is 0 Å². The zero-order valence-electron chi connectivity index (χ0n) is 7.44. The monoisotopic (exact) mass is 188 g/mol. The lowest BCUT2D eigenvalue weighted by molar-refractivity contribution is 0.628. The van der Waals surface area contributed by atoms with Crippen LogP contribution in [0.3, 0.4) is 0 Å². The second-order valence-corrected chi connectivity index (χ2v) is 2.87. The van der Waals surface area contributed by atoms with Crippen molar-refractivity contribution in [3.63, 3.8) is 0 Å². The molecule has 3 heteroatoms. The molecule has 70 valence electrons. The molecule has 2 nitrogen and oxygen atoms in total. The molecule has 2 aromatic rings. The van der Waals surface area contributed by atoms with Gasteiger partial charge in [0.25, 0.3) is 0 Å². The SMILES string of the molecule is Fc1ccc(Nc2ccncc2)cc1. The number of anilines is 2. The number of nitrogens with zero attached hydrogens (tertiary/aromatic N) is 1. The molecule has 1 aromatic heterocycles. The summed E-state index contributed by atoms with van der Waals surface area (Å²) in [7, 11) is 0. The van der Waals surface area contributed by atoms with Crippen molar-refractivity contribution in [2.24, 2.45) is 0 Å². The van der Waals surface area contributed by atoms with Gasteiger partial charge in [-0.15, -0.1) is 0 Å². The lowest BCUT2D eigenvalue weighted by atomic mass is 10.3. The number of hydrogen-bond donors (Lipinski definition) is 1. The van der Waals surface area contributed by atoms with Crippen molar-refractivity contribution in [2.45, 2.75) is 0 Å². The van der Waals surface area contributed by atoms with E-state index in [2.05, 4.69) is 10.3 Å². The lowest BCUT2D eigenvalue weighted by Crippen LogP contribution is -1.89. The third-order valence-electron chi connectivity index (χ3n) is 1.81. The second kappa shape index (κ2) is 3.87. The van der Waals surface area contributed by atoms with E-state index >= 15 is 0 Å². The Morgan fingerprint density at radius 2 is 1.43 bits per heavy atom. The molecule has 1 heterocycles. The largest absolute Gasteiger partial charge is 0.355 e. The Morgan fingerprint density at radius 1 is 0.857 bits per heavy atom. The van der Waals surface area contributed by atoms with Crippen LogP contribution in [0.15, 0.2) is 48.8 Å². The highest BCUT2D eigenvalue weighted by atomic mass is 19.1. The van der Waals surface area contributed by atoms with Crippen LogP contribution < -0.4 is 5.32 Å². The molecule has 0 aliphatic rings. The molecule has 1 aromatic carbocycles. The standard InChI is InChI=1S/C11H9FN2/c12-9-1-3-10(4-2-9)14-11-5-7-13-8-6-11/h1-8H,(H,13,14). The third-order valence-corrected chi connectivity index (χ3v) is 1.81. The Labute approximate surface area is 81.4 Å². The summed E-state index contributed by atoms with van der Waals surface area (Å²) in [5, 5.41) is 3.12. The van der Waals surface area contributed by atoms with Gasteiger partial charge in [0.2, 0.25) is 0 Å². The van der Waals surface area contributed by atoms with Crippen LogP contribution in [0.25, 0.3) is 0 Å². The normalized spacial score (nSPS) is 9.79. The smallest absolute Gasteiger partial charge is 0.123 e. The van der Waals surface area contributed by atoms with Gasteiger partial charge in [0.1, 0.15) is 5.82 Å². The molecule has 0 radical (unpaired) electrons. The fourth-order valence-electron chi connectivity index (χ4n) is 1.14. The molecule has 0 amide bonds. The van der Waals surface area contributed by atoms with Crippen molar-refractivity contribution in [1.82, 2.24) is 4.98 Å². The number of hydrogen-bond acceptors (Lipinski definition) is 2. The molecule has 2 rings (SSSR count). The first-order chi connectivity index (χ1) is 6.84. The third kappa shape index (κ3) is 2.07. The minimum atomic E-state index is -0.231. The highest BCUT2D eigenvalue weighted by Gasteiger charge is 1.93. The molecule has 1 N–H and O–H groups in total. The number of rotatable bonds is 2. The van der Waals surface area contributed by atoms with Gasteiger partial charge in [-0.2, -0.15) is 0 Å². The summed E-state index contributed by atoms with van der Waals surface area (Å²) in [6.07, 6.45) is 3.40. The van der Waals surface area contributed by atoms with E-state index in [1.165, 1.54) is 12.1 Å². The molecule has 0 saturated heterocycles. The topological polar surface area (TPSA) is 24.9 Å². The molecular formula is C11H9FN2. The van der Waals surface area contributed by atoms with Gasteiger partial charge in [-0.05, 0) is 36.4 Å². The Hall–Kier alpha value is -1.90. The number of aromatic nitrogens is 1. The maximum absolute atomic E-state index is 12.6. The van der Waals surface area contributed by atoms with E-state index in [0.29, 0.717) is 0 Å². The van der Waals surface area contributed by atoms with Crippen LogP contribution in [-0.2, 0) is 0 Å². The van der Waals surface area contributed by atoms with Crippen LogP contribution >= 0.6 is 0 Å². The molecule has 0 spiro atoms. The molecule has 14 heavy (non-hydrogen) atoms. The number of benzene rings is 1. The van der Waals surface area contributed by atoms with Gasteiger partial charge in [0.15, 0.2) is 0 Å². The van der Waals surface area contributed by atoms with Crippen molar-refractivity contribution in [1.29, 1.82) is 0 Å². The maximum atomic E-state index is 12.6. The Kier molecular flexibility index (Phi) is 2.40. The summed E-state index contributed by atoms with van der Waals surface area (Å²) in [4.78, 5) is 3.90. The van der Waals surface area contributed by atoms with E-state index in [-0.39, 0.29) is 5.82 Å². The summed E-state index contributed by atoms with van der Waals surface area (Å²) in [6.45, 7) is 0. The van der Waals surface area contributed by atoms with Gasteiger partial charge in [-0.3, -0.25) is 4.98 Å². The van der Waals surface area contributed by atoms with Crippen molar-refractivity contribution in [3.8, 4) is 0 Å². The van der Waals surface area contributed by atoms with Crippen LogP contribution in [0.1, 0.15) is 0 Å². The quantitative estimate of drug-likeness (QED) is 0.783. The van der Waals surface area contributed by atoms with E-state index in [1.54, 1.807) is 24.5 Å². The second-order valence-electron chi connectivity index (χ2n) is 2.87. The summed E-state index contributed by atoms with van der Waals surface area (Å²) < 4.78 is 12.6. The predicted molar refractivity (Wildman–Crippen MR) is 53.9 cm³/mol. The first kappa shape index (κ1) is 8.69. The summed E-state index contributed by atoms with van der Waals surface area (Å²) in [5.41, 5.74) is 1.80. The van der Waals surface area contributed by atoms with Crippen LogP contribution in [0, 0.1) is 5.82 Å². The molecule has 0 fully saturated rings. The maximum Gasteiger partial charge on any atom is 0.123 e. The highest BCUT2D eigenvalue weighted by Crippen LogP contribution is 2.15. The zero-order chi connectivity index (χ0) is 9.80. The number of nitrogens with one attached hydrogen (secondary N) is 1. The zero-order valence-corrected chi connectivity index (χ0v) is 7.44. The Bertz CT molecular complexity index is 397. The number of halogens is 1. The minimum absolute atomic E-state index is 0.231.